The van der Waals surface area contributed by atoms with Crippen LogP contribution in [-0.4, -0.2) is 56.8 Å². The molecule has 3 N–H and O–H groups in total. The SMILES string of the molecule is CC(C)(C)OC(=O)C[C@@H](CCCC1CCCCC1)c1nc(CN)no1.CC(C)(C)OC(=O)C[C@@H](CCCC1CCCCC1)c1nc(CNS(=O)(=O)c2cccnc2)no1. The maximum atomic E-state index is 12.5. The Morgan fingerprint density at radius 1 is 0.780 bits per heavy atom. The van der Waals surface area contributed by atoms with E-state index in [2.05, 4.69) is 30.0 Å². The summed E-state index contributed by atoms with van der Waals surface area (Å²) in [6.45, 7) is 11.3. The molecular formula is C43H69N7O8S. The number of rotatable bonds is 19. The van der Waals surface area contributed by atoms with E-state index in [0.717, 1.165) is 43.9 Å². The zero-order chi connectivity index (χ0) is 42.9. The number of aromatic nitrogens is 5. The van der Waals surface area contributed by atoms with Crippen molar-refractivity contribution < 1.29 is 36.5 Å². The van der Waals surface area contributed by atoms with Gasteiger partial charge >= 0.3 is 11.9 Å². The number of nitrogens with zero attached hydrogens (tertiary/aromatic N) is 5. The van der Waals surface area contributed by atoms with Crippen molar-refractivity contribution >= 4 is 22.0 Å². The fourth-order valence-corrected chi connectivity index (χ4v) is 8.77. The summed E-state index contributed by atoms with van der Waals surface area (Å²) >= 11 is 0. The summed E-state index contributed by atoms with van der Waals surface area (Å²) < 4.78 is 49.1. The zero-order valence-electron chi connectivity index (χ0n) is 36.2. The standard InChI is InChI=1S/C24H36N4O5S.C19H33N3O3/c1-24(2,3)32-22(29)15-19(12-7-11-18-9-5-4-6-10-18)23-27-21(28-33-23)17-26-34(30,31)20-13-8-14-25-16-20;1-19(2,3)24-17(23)12-15(18-21-16(13-20)22-25-18)11-7-10-14-8-5-4-6-9-14/h8,13-14,16,18-19,26H,4-7,9-12,15,17H2,1-3H3;14-15H,4-13,20H2,1-3H3/t19-;15-/m11/s1. The first-order valence-corrected chi connectivity index (χ1v) is 23.2. The molecule has 0 radical (unpaired) electrons. The Kier molecular flexibility index (Phi) is 18.9. The van der Waals surface area contributed by atoms with Crippen molar-refractivity contribution in [2.45, 2.75) is 198 Å². The Hall–Kier alpha value is -3.76. The number of sulfonamides is 1. The summed E-state index contributed by atoms with van der Waals surface area (Å²) in [7, 11) is -3.74. The van der Waals surface area contributed by atoms with Crippen LogP contribution in [0.5, 0.6) is 0 Å². The first-order valence-electron chi connectivity index (χ1n) is 21.7. The zero-order valence-corrected chi connectivity index (χ0v) is 37.1. The van der Waals surface area contributed by atoms with Gasteiger partial charge in [0.15, 0.2) is 11.6 Å². The lowest BCUT2D eigenvalue weighted by atomic mass is 9.84. The van der Waals surface area contributed by atoms with E-state index in [1.165, 1.54) is 89.1 Å². The fraction of sp³-hybridized carbons (Fsp3) is 0.744. The van der Waals surface area contributed by atoms with Crippen LogP contribution in [0.2, 0.25) is 0 Å². The van der Waals surface area contributed by atoms with E-state index in [1.807, 2.05) is 41.5 Å². The van der Waals surface area contributed by atoms with Gasteiger partial charge in [-0.05, 0) is 78.4 Å². The van der Waals surface area contributed by atoms with E-state index in [4.69, 9.17) is 24.3 Å². The van der Waals surface area contributed by atoms with Gasteiger partial charge in [-0.1, -0.05) is 100 Å². The summed E-state index contributed by atoms with van der Waals surface area (Å²) in [6, 6.07) is 3.01. The van der Waals surface area contributed by atoms with Crippen molar-refractivity contribution in [3.63, 3.8) is 0 Å². The summed E-state index contributed by atoms with van der Waals surface area (Å²) in [5.74, 6) is 2.23. The number of nitrogens with one attached hydrogen (secondary N) is 1. The van der Waals surface area contributed by atoms with E-state index in [1.54, 1.807) is 6.07 Å². The normalized spacial score (nSPS) is 16.8. The summed E-state index contributed by atoms with van der Waals surface area (Å²) in [5.41, 5.74) is 4.51. The molecule has 5 rings (SSSR count). The minimum Gasteiger partial charge on any atom is -0.460 e. The highest BCUT2D eigenvalue weighted by atomic mass is 32.2. The molecule has 0 bridgehead atoms. The first kappa shape index (κ1) is 47.9. The number of carbonyl (C=O) groups excluding carboxylic acids is 2. The van der Waals surface area contributed by atoms with Gasteiger partial charge in [0.05, 0.1) is 25.9 Å². The highest BCUT2D eigenvalue weighted by Crippen LogP contribution is 2.33. The Morgan fingerprint density at radius 3 is 1.68 bits per heavy atom. The fourth-order valence-electron chi connectivity index (χ4n) is 7.82. The second-order valence-corrected chi connectivity index (χ2v) is 19.9. The number of carbonyl (C=O) groups is 2. The molecule has 0 unspecified atom stereocenters. The summed E-state index contributed by atoms with van der Waals surface area (Å²) in [4.78, 5) is 37.4. The molecule has 3 aromatic rings. The molecule has 2 saturated carbocycles. The quantitative estimate of drug-likeness (QED) is 0.108. The molecule has 0 saturated heterocycles. The maximum Gasteiger partial charge on any atom is 0.307 e. The van der Waals surface area contributed by atoms with Gasteiger partial charge in [-0.15, -0.1) is 0 Å². The van der Waals surface area contributed by atoms with Crippen LogP contribution in [0.1, 0.15) is 192 Å². The van der Waals surface area contributed by atoms with E-state index in [-0.39, 0.29) is 60.4 Å². The highest BCUT2D eigenvalue weighted by molar-refractivity contribution is 7.89. The third-order valence-corrected chi connectivity index (χ3v) is 12.0. The molecule has 2 atom stereocenters. The lowest BCUT2D eigenvalue weighted by Gasteiger charge is -2.23. The Labute approximate surface area is 351 Å². The molecule has 0 aromatic carbocycles. The van der Waals surface area contributed by atoms with Gasteiger partial charge in [0, 0.05) is 24.2 Å². The molecule has 15 nitrogen and oxygen atoms in total. The minimum atomic E-state index is -3.74. The minimum absolute atomic E-state index is 0.0595. The van der Waals surface area contributed by atoms with Gasteiger partial charge < -0.3 is 24.3 Å². The van der Waals surface area contributed by atoms with Gasteiger partial charge in [0.1, 0.15) is 16.1 Å². The summed E-state index contributed by atoms with van der Waals surface area (Å²) in [5, 5.41) is 7.80. The molecule has 2 aliphatic rings. The van der Waals surface area contributed by atoms with Crippen LogP contribution in [0.3, 0.4) is 0 Å². The molecule has 3 aromatic heterocycles. The Balaban J connectivity index is 0.000000273. The molecule has 59 heavy (non-hydrogen) atoms. The number of hydrogen-bond acceptors (Lipinski definition) is 14. The lowest BCUT2D eigenvalue weighted by Crippen LogP contribution is -2.25. The molecule has 330 valence electrons. The van der Waals surface area contributed by atoms with Crippen molar-refractivity contribution in [3.8, 4) is 0 Å². The average molecular weight is 844 g/mol. The predicted octanol–water partition coefficient (Wildman–Crippen LogP) is 8.60. The van der Waals surface area contributed by atoms with E-state index in [9.17, 15) is 18.0 Å². The van der Waals surface area contributed by atoms with E-state index < -0.39 is 21.2 Å². The molecular weight excluding hydrogens is 775 g/mol. The third kappa shape index (κ3) is 18.2. The smallest absolute Gasteiger partial charge is 0.307 e. The largest absolute Gasteiger partial charge is 0.460 e. The number of pyridine rings is 1. The second kappa shape index (κ2) is 23.3. The van der Waals surface area contributed by atoms with Gasteiger partial charge in [-0.2, -0.15) is 9.97 Å². The second-order valence-electron chi connectivity index (χ2n) is 18.2. The molecule has 16 heteroatoms. The van der Waals surface area contributed by atoms with E-state index in [0.29, 0.717) is 17.6 Å². The summed E-state index contributed by atoms with van der Waals surface area (Å²) in [6.07, 6.45) is 22.4. The van der Waals surface area contributed by atoms with Crippen LogP contribution in [0.15, 0.2) is 38.5 Å². The van der Waals surface area contributed by atoms with Gasteiger partial charge in [-0.25, -0.2) is 13.1 Å². The highest BCUT2D eigenvalue weighted by Gasteiger charge is 2.28. The van der Waals surface area contributed by atoms with Gasteiger partial charge in [-0.3, -0.25) is 14.6 Å². The van der Waals surface area contributed by atoms with Crippen molar-refractivity contribution in [3.05, 3.63) is 48.0 Å². The van der Waals surface area contributed by atoms with Crippen LogP contribution in [-0.2, 0) is 42.2 Å². The monoisotopic (exact) mass is 843 g/mol. The number of ether oxygens (including phenoxy) is 2. The van der Waals surface area contributed by atoms with Gasteiger partial charge in [0.2, 0.25) is 21.8 Å². The van der Waals surface area contributed by atoms with Crippen molar-refractivity contribution in [2.24, 2.45) is 17.6 Å². The molecule has 0 amide bonds. The van der Waals surface area contributed by atoms with Crippen LogP contribution in [0, 0.1) is 11.8 Å². The van der Waals surface area contributed by atoms with Crippen LogP contribution < -0.4 is 10.5 Å². The Bertz CT molecular complexity index is 1790. The number of nitrogens with two attached hydrogens (primary N) is 1. The number of esters is 2. The molecule has 0 spiro atoms. The predicted molar refractivity (Wildman–Crippen MR) is 222 cm³/mol. The molecule has 2 aliphatic carbocycles. The van der Waals surface area contributed by atoms with Crippen molar-refractivity contribution in [1.29, 1.82) is 0 Å². The van der Waals surface area contributed by atoms with Crippen molar-refractivity contribution in [1.82, 2.24) is 30.0 Å². The third-order valence-electron chi connectivity index (χ3n) is 10.7. The molecule has 0 aliphatic heterocycles. The lowest BCUT2D eigenvalue weighted by molar-refractivity contribution is -0.156. The first-order chi connectivity index (χ1) is 28.0. The van der Waals surface area contributed by atoms with Crippen LogP contribution >= 0.6 is 0 Å². The average Bonchev–Trinajstić information content (AvgIpc) is 3.87. The number of hydrogen-bond donors (Lipinski definition) is 2. The van der Waals surface area contributed by atoms with Crippen LogP contribution in [0.25, 0.3) is 0 Å². The van der Waals surface area contributed by atoms with E-state index >= 15 is 0 Å². The van der Waals surface area contributed by atoms with Crippen LogP contribution in [0.4, 0.5) is 0 Å². The molecule has 2 fully saturated rings. The van der Waals surface area contributed by atoms with Gasteiger partial charge in [0.25, 0.3) is 0 Å². The van der Waals surface area contributed by atoms with Crippen molar-refractivity contribution in [2.75, 3.05) is 0 Å². The Morgan fingerprint density at radius 2 is 1.25 bits per heavy atom. The topological polar surface area (TPSA) is 216 Å². The molecule has 3 heterocycles. The maximum absolute atomic E-state index is 12.5.